The number of benzene rings is 1. The van der Waals surface area contributed by atoms with Crippen LogP contribution in [0.4, 0.5) is 17.3 Å². The molecule has 0 aliphatic carbocycles. The number of rotatable bonds is 7. The molecule has 8 heteroatoms. The van der Waals surface area contributed by atoms with E-state index in [9.17, 15) is 9.59 Å². The molecule has 1 fully saturated rings. The van der Waals surface area contributed by atoms with Gasteiger partial charge < -0.3 is 15.1 Å². The molecule has 0 radical (unpaired) electrons. The third-order valence-corrected chi connectivity index (χ3v) is 5.74. The van der Waals surface area contributed by atoms with Gasteiger partial charge in [0.1, 0.15) is 0 Å². The van der Waals surface area contributed by atoms with Gasteiger partial charge in [-0.15, -0.1) is 0 Å². The molecule has 0 bridgehead atoms. The van der Waals surface area contributed by atoms with Crippen molar-refractivity contribution in [3.05, 3.63) is 71.8 Å². The summed E-state index contributed by atoms with van der Waals surface area (Å²) in [6, 6.07) is 15.2. The lowest BCUT2D eigenvalue weighted by molar-refractivity contribution is -0.128. The molecular formula is C25H28N6O2. The molecule has 33 heavy (non-hydrogen) atoms. The van der Waals surface area contributed by atoms with Crippen molar-refractivity contribution in [1.29, 1.82) is 0 Å². The van der Waals surface area contributed by atoms with Gasteiger partial charge in [0.05, 0.1) is 5.92 Å². The Morgan fingerprint density at radius 2 is 1.85 bits per heavy atom. The Morgan fingerprint density at radius 3 is 2.52 bits per heavy atom. The molecule has 8 nitrogen and oxygen atoms in total. The number of likely N-dealkylation sites (tertiary alicyclic amines) is 1. The van der Waals surface area contributed by atoms with Gasteiger partial charge in [0.25, 0.3) is 0 Å². The van der Waals surface area contributed by atoms with E-state index in [4.69, 9.17) is 0 Å². The van der Waals surface area contributed by atoms with Gasteiger partial charge in [-0.3, -0.25) is 14.6 Å². The quantitative estimate of drug-likeness (QED) is 0.601. The maximum atomic E-state index is 12.8. The molecule has 2 aromatic heterocycles. The van der Waals surface area contributed by atoms with Gasteiger partial charge in [-0.05, 0) is 56.3 Å². The molecule has 0 spiro atoms. The van der Waals surface area contributed by atoms with Crippen LogP contribution in [-0.2, 0) is 16.0 Å². The van der Waals surface area contributed by atoms with Crippen LogP contribution in [0.3, 0.4) is 0 Å². The fourth-order valence-corrected chi connectivity index (χ4v) is 3.94. The lowest BCUT2D eigenvalue weighted by Gasteiger charge is -2.19. The number of nitrogens with one attached hydrogen (secondary N) is 1. The molecular weight excluding hydrogens is 416 g/mol. The van der Waals surface area contributed by atoms with E-state index in [1.807, 2.05) is 74.3 Å². The van der Waals surface area contributed by atoms with E-state index < -0.39 is 0 Å². The Hall–Kier alpha value is -3.81. The highest BCUT2D eigenvalue weighted by atomic mass is 16.2. The number of anilines is 3. The third kappa shape index (κ3) is 5.52. The molecule has 2 amide bonds. The topological polar surface area (TPSA) is 91.3 Å². The van der Waals surface area contributed by atoms with Gasteiger partial charge in [0.2, 0.25) is 17.8 Å². The van der Waals surface area contributed by atoms with E-state index in [0.29, 0.717) is 31.1 Å². The summed E-state index contributed by atoms with van der Waals surface area (Å²) in [5.41, 5.74) is 4.36. The van der Waals surface area contributed by atoms with Crippen molar-refractivity contribution in [3.63, 3.8) is 0 Å². The zero-order valence-electron chi connectivity index (χ0n) is 19.2. The fraction of sp³-hybridized carbons (Fsp3) is 0.320. The number of hydrogen-bond donors (Lipinski definition) is 1. The average Bonchev–Trinajstić information content (AvgIpc) is 3.18. The van der Waals surface area contributed by atoms with E-state index in [0.717, 1.165) is 22.8 Å². The lowest BCUT2D eigenvalue weighted by atomic mass is 10.1. The van der Waals surface area contributed by atoms with Crippen molar-refractivity contribution in [1.82, 2.24) is 19.9 Å². The molecule has 1 N–H and O–H groups in total. The Bertz CT molecular complexity index is 1110. The van der Waals surface area contributed by atoms with Crippen LogP contribution >= 0.6 is 0 Å². The van der Waals surface area contributed by atoms with Gasteiger partial charge in [-0.2, -0.15) is 0 Å². The van der Waals surface area contributed by atoms with E-state index in [1.54, 1.807) is 11.1 Å². The highest BCUT2D eigenvalue weighted by Gasteiger charge is 2.34. The number of amides is 2. The minimum Gasteiger partial charge on any atom is -0.341 e. The van der Waals surface area contributed by atoms with Crippen molar-refractivity contribution >= 4 is 29.1 Å². The van der Waals surface area contributed by atoms with Crippen LogP contribution in [0.25, 0.3) is 0 Å². The van der Waals surface area contributed by atoms with Gasteiger partial charge in [0.15, 0.2) is 0 Å². The number of carbonyl (C=O) groups is 2. The van der Waals surface area contributed by atoms with Crippen LogP contribution in [0.2, 0.25) is 0 Å². The summed E-state index contributed by atoms with van der Waals surface area (Å²) in [6.45, 7) is 4.89. The van der Waals surface area contributed by atoms with Crippen LogP contribution in [0, 0.1) is 19.8 Å². The second kappa shape index (κ2) is 9.77. The van der Waals surface area contributed by atoms with E-state index in [2.05, 4.69) is 20.3 Å². The van der Waals surface area contributed by atoms with Crippen LogP contribution in [0.15, 0.2) is 54.7 Å². The molecule has 1 aliphatic heterocycles. The summed E-state index contributed by atoms with van der Waals surface area (Å²) in [4.78, 5) is 42.1. The number of aromatic nitrogens is 3. The van der Waals surface area contributed by atoms with E-state index >= 15 is 0 Å². The number of aryl methyl sites for hydroxylation is 2. The molecule has 1 unspecified atom stereocenters. The zero-order chi connectivity index (χ0) is 23.4. The fourth-order valence-electron chi connectivity index (χ4n) is 3.94. The monoisotopic (exact) mass is 444 g/mol. The first-order chi connectivity index (χ1) is 15.9. The highest BCUT2D eigenvalue weighted by Crippen LogP contribution is 2.24. The number of nitrogens with zero attached hydrogens (tertiary/aromatic N) is 5. The molecule has 0 saturated carbocycles. The van der Waals surface area contributed by atoms with Gasteiger partial charge in [-0.1, -0.05) is 6.07 Å². The largest absolute Gasteiger partial charge is 0.341 e. The van der Waals surface area contributed by atoms with Gasteiger partial charge >= 0.3 is 0 Å². The van der Waals surface area contributed by atoms with Crippen molar-refractivity contribution < 1.29 is 9.59 Å². The molecule has 1 saturated heterocycles. The summed E-state index contributed by atoms with van der Waals surface area (Å²) in [5, 5.41) is 2.94. The number of pyridine rings is 1. The average molecular weight is 445 g/mol. The van der Waals surface area contributed by atoms with Crippen LogP contribution in [0.5, 0.6) is 0 Å². The zero-order valence-corrected chi connectivity index (χ0v) is 19.2. The van der Waals surface area contributed by atoms with Crippen molar-refractivity contribution in [2.45, 2.75) is 26.7 Å². The van der Waals surface area contributed by atoms with Crippen LogP contribution in [0.1, 0.15) is 23.5 Å². The molecule has 4 rings (SSSR count). The predicted octanol–water partition coefficient (Wildman–Crippen LogP) is 3.29. The molecule has 1 aliphatic rings. The number of hydrogen-bond acceptors (Lipinski definition) is 6. The molecule has 170 valence electrons. The first kappa shape index (κ1) is 22.4. The molecule has 1 atom stereocenters. The van der Waals surface area contributed by atoms with Gasteiger partial charge in [-0.25, -0.2) is 9.97 Å². The van der Waals surface area contributed by atoms with Crippen molar-refractivity contribution in [2.75, 3.05) is 30.4 Å². The summed E-state index contributed by atoms with van der Waals surface area (Å²) in [6.07, 6.45) is 2.66. The summed E-state index contributed by atoms with van der Waals surface area (Å²) < 4.78 is 0. The van der Waals surface area contributed by atoms with Crippen molar-refractivity contribution in [2.24, 2.45) is 5.92 Å². The summed E-state index contributed by atoms with van der Waals surface area (Å²) in [5.74, 6) is 0.144. The molecule has 3 aromatic rings. The smallest absolute Gasteiger partial charge is 0.230 e. The summed E-state index contributed by atoms with van der Waals surface area (Å²) in [7, 11) is 1.91. The van der Waals surface area contributed by atoms with Crippen molar-refractivity contribution in [3.8, 4) is 0 Å². The minimum atomic E-state index is -0.354. The SMILES string of the molecule is Cc1cc(C)nc(N(C)c2ccc(NC(=O)C3CC(=O)N(CCc4ccccn4)C3)cc2)n1. The second-order valence-corrected chi connectivity index (χ2v) is 8.36. The maximum absolute atomic E-state index is 12.8. The standard InChI is InChI=1S/C25H28N6O2/c1-17-14-18(2)28-25(27-17)30(3)22-9-7-21(8-10-22)29-24(33)19-15-23(32)31(16-19)13-11-20-6-4-5-12-26-20/h4-10,12,14,19H,11,13,15-16H2,1-3H3,(H,29,33). The number of carbonyl (C=O) groups excluding carboxylic acids is 2. The molecule has 1 aromatic carbocycles. The summed E-state index contributed by atoms with van der Waals surface area (Å²) >= 11 is 0. The highest BCUT2D eigenvalue weighted by molar-refractivity contribution is 5.97. The Morgan fingerprint density at radius 1 is 1.12 bits per heavy atom. The maximum Gasteiger partial charge on any atom is 0.230 e. The second-order valence-electron chi connectivity index (χ2n) is 8.36. The van der Waals surface area contributed by atoms with Crippen LogP contribution in [-0.4, -0.2) is 51.8 Å². The lowest BCUT2D eigenvalue weighted by Crippen LogP contribution is -2.30. The Labute approximate surface area is 193 Å². The predicted molar refractivity (Wildman–Crippen MR) is 127 cm³/mol. The van der Waals surface area contributed by atoms with Gasteiger partial charge in [0, 0.05) is 67.6 Å². The van der Waals surface area contributed by atoms with E-state index in [1.165, 1.54) is 0 Å². The first-order valence-corrected chi connectivity index (χ1v) is 11.0. The third-order valence-electron chi connectivity index (χ3n) is 5.74. The first-order valence-electron chi connectivity index (χ1n) is 11.0. The Kier molecular flexibility index (Phi) is 6.63. The minimum absolute atomic E-state index is 0.0106. The molecule has 3 heterocycles. The normalized spacial score (nSPS) is 15.5. The Balaban J connectivity index is 1.33. The van der Waals surface area contributed by atoms with Crippen LogP contribution < -0.4 is 10.2 Å². The van der Waals surface area contributed by atoms with E-state index in [-0.39, 0.29) is 24.2 Å².